The van der Waals surface area contributed by atoms with Crippen molar-refractivity contribution < 1.29 is 103 Å². The first kappa shape index (κ1) is 24.9. The van der Waals surface area contributed by atoms with Gasteiger partial charge in [-0.2, -0.15) is 0 Å². The normalized spacial score (nSPS) is 0.400. The van der Waals surface area contributed by atoms with Gasteiger partial charge >= 0.3 is 103 Å². The maximum Gasteiger partial charge on any atom is 1.00 e. The number of rotatable bonds is 0. The van der Waals surface area contributed by atoms with E-state index in [0.717, 1.165) is 0 Å². The molecule has 0 saturated carbocycles. The molecule has 0 bridgehead atoms. The molecule has 0 saturated heterocycles. The van der Waals surface area contributed by atoms with Crippen molar-refractivity contribution in [3.05, 3.63) is 6.57 Å². The Kier molecular flexibility index (Phi) is 144. The molecule has 0 aromatic rings. The van der Waals surface area contributed by atoms with Gasteiger partial charge in [0.1, 0.15) is 0 Å². The Morgan fingerprint density at radius 1 is 1.00 bits per heavy atom. The maximum absolute atomic E-state index is 6.25. The molecule has 0 aromatic carbocycles. The van der Waals surface area contributed by atoms with Gasteiger partial charge in [-0.3, -0.25) is 0 Å². The molecule has 4 heteroatoms. The molecule has 0 atom stereocenters. The second-order valence-corrected chi connectivity index (χ2v) is 0. The molecule has 0 heterocycles. The van der Waals surface area contributed by atoms with Crippen LogP contribution in [0.1, 0.15) is 0 Å². The molecule has 5 heavy (non-hydrogen) atoms. The fraction of sp³-hybridized carbons (Fsp3) is 0. The summed E-state index contributed by atoms with van der Waals surface area (Å²) in [5, 5.41) is 6.25. The van der Waals surface area contributed by atoms with Gasteiger partial charge in [0.05, 0.1) is 0 Å². The fourth-order valence-electron chi connectivity index (χ4n) is 0. The van der Waals surface area contributed by atoms with E-state index in [-0.39, 0.29) is 111 Å². The first-order chi connectivity index (χ1) is 1.00. The van der Waals surface area contributed by atoms with E-state index in [1.807, 2.05) is 0 Å². The van der Waals surface area contributed by atoms with Gasteiger partial charge in [0.15, 0.2) is 0 Å². The van der Waals surface area contributed by atoms with Crippen molar-refractivity contribution in [1.29, 1.82) is 5.26 Å². The van der Waals surface area contributed by atoms with Crippen LogP contribution in [0.3, 0.4) is 0 Å². The van der Waals surface area contributed by atoms with Crippen LogP contribution < -0.4 is 103 Å². The molecular weight excluding hydrogens is 115 g/mol. The van der Waals surface area contributed by atoms with Crippen LogP contribution >= 0.6 is 0 Å². The molecule has 0 N–H and O–H groups in total. The topological polar surface area (TPSA) is 23.8 Å². The SMILES string of the molecule is [BH4-].[C-]#N.[K+].[K+]. The van der Waals surface area contributed by atoms with Crippen molar-refractivity contribution in [2.45, 2.75) is 0 Å². The summed E-state index contributed by atoms with van der Waals surface area (Å²) in [5.41, 5.74) is 0. The summed E-state index contributed by atoms with van der Waals surface area (Å²) in [4.78, 5) is 0. The Bertz CT molecular complexity index is 14.4. The summed E-state index contributed by atoms with van der Waals surface area (Å²) in [6, 6.07) is 0. The van der Waals surface area contributed by atoms with Gasteiger partial charge in [0, 0.05) is 0 Å². The third-order valence-electron chi connectivity index (χ3n) is 0. The van der Waals surface area contributed by atoms with E-state index in [1.54, 1.807) is 0 Å². The fourth-order valence-corrected chi connectivity index (χ4v) is 0. The summed E-state index contributed by atoms with van der Waals surface area (Å²) in [6.07, 6.45) is 0. The molecule has 0 aliphatic rings. The molecular formula is CH4BK2N. The largest absolute Gasteiger partial charge is 1.00 e. The minimum Gasteiger partial charge on any atom is -0.512 e. The van der Waals surface area contributed by atoms with E-state index in [9.17, 15) is 0 Å². The average molecular weight is 119 g/mol. The minimum absolute atomic E-state index is 0. The van der Waals surface area contributed by atoms with Crippen molar-refractivity contribution in [2.75, 3.05) is 0 Å². The first-order valence-corrected chi connectivity index (χ1v) is 0.224. The zero-order valence-electron chi connectivity index (χ0n) is 2.95. The zero-order chi connectivity index (χ0) is 2.00. The van der Waals surface area contributed by atoms with E-state index >= 15 is 0 Å². The third-order valence-corrected chi connectivity index (χ3v) is 0. The van der Waals surface area contributed by atoms with Crippen molar-refractivity contribution in [2.24, 2.45) is 0 Å². The van der Waals surface area contributed by atoms with Crippen molar-refractivity contribution in [3.8, 4) is 0 Å². The van der Waals surface area contributed by atoms with E-state index in [0.29, 0.717) is 0 Å². The summed E-state index contributed by atoms with van der Waals surface area (Å²) in [5.74, 6) is 0. The van der Waals surface area contributed by atoms with Crippen LogP contribution in [0.25, 0.3) is 0 Å². The molecule has 0 aliphatic heterocycles. The van der Waals surface area contributed by atoms with Crippen LogP contribution in [0.2, 0.25) is 0 Å². The Hall–Kier alpha value is 2.83. The predicted molar refractivity (Wildman–Crippen MR) is 16.3 cm³/mol. The molecule has 0 unspecified atom stereocenters. The van der Waals surface area contributed by atoms with Gasteiger partial charge in [0.2, 0.25) is 0 Å². The summed E-state index contributed by atoms with van der Waals surface area (Å²) in [6.45, 7) is 4.75. The van der Waals surface area contributed by atoms with Crippen molar-refractivity contribution >= 4 is 8.41 Å². The van der Waals surface area contributed by atoms with Crippen molar-refractivity contribution in [3.63, 3.8) is 0 Å². The van der Waals surface area contributed by atoms with Gasteiger partial charge in [-0.15, -0.1) is 0 Å². The van der Waals surface area contributed by atoms with Gasteiger partial charge < -0.3 is 11.8 Å². The molecule has 0 radical (unpaired) electrons. The van der Waals surface area contributed by atoms with Crippen molar-refractivity contribution in [1.82, 2.24) is 0 Å². The van der Waals surface area contributed by atoms with E-state index in [2.05, 4.69) is 0 Å². The number of hydrogen-bond donors (Lipinski definition) is 0. The van der Waals surface area contributed by atoms with Gasteiger partial charge in [0.25, 0.3) is 0 Å². The average Bonchev–Trinajstić information content (AvgIpc) is 1.00. The molecule has 0 fully saturated rings. The van der Waals surface area contributed by atoms with E-state index in [1.165, 1.54) is 0 Å². The molecule has 18 valence electrons. The van der Waals surface area contributed by atoms with E-state index < -0.39 is 0 Å². The minimum atomic E-state index is 0. The third kappa shape index (κ3) is 19.9. The molecule has 0 spiro atoms. The molecule has 0 rings (SSSR count). The zero-order valence-corrected chi connectivity index (χ0v) is 9.19. The smallest absolute Gasteiger partial charge is 0.512 e. The predicted octanol–water partition coefficient (Wildman–Crippen LogP) is -7.35. The first-order valence-electron chi connectivity index (χ1n) is 0.224. The molecule has 0 amide bonds. The Labute approximate surface area is 119 Å². The molecule has 0 aromatic heterocycles. The quantitative estimate of drug-likeness (QED) is 0.229. The summed E-state index contributed by atoms with van der Waals surface area (Å²) < 4.78 is 0. The Morgan fingerprint density at radius 3 is 1.00 bits per heavy atom. The van der Waals surface area contributed by atoms with Crippen LogP contribution in [-0.2, 0) is 0 Å². The van der Waals surface area contributed by atoms with Crippen LogP contribution in [0.15, 0.2) is 0 Å². The number of nitrogens with zero attached hydrogens (tertiary/aromatic N) is 1. The van der Waals surface area contributed by atoms with Crippen LogP contribution in [0.5, 0.6) is 0 Å². The summed E-state index contributed by atoms with van der Waals surface area (Å²) in [7, 11) is 0. The van der Waals surface area contributed by atoms with Crippen LogP contribution in [0.4, 0.5) is 0 Å². The molecule has 1 nitrogen and oxygen atoms in total. The van der Waals surface area contributed by atoms with Gasteiger partial charge in [-0.25, -0.2) is 0 Å². The van der Waals surface area contributed by atoms with Gasteiger partial charge in [-0.05, 0) is 0 Å². The Morgan fingerprint density at radius 2 is 1.00 bits per heavy atom. The maximum atomic E-state index is 6.25. The number of hydrogen-bond acceptors (Lipinski definition) is 1. The van der Waals surface area contributed by atoms with Crippen LogP contribution in [0, 0.1) is 11.8 Å². The second-order valence-electron chi connectivity index (χ2n) is 0. The van der Waals surface area contributed by atoms with Gasteiger partial charge in [-0.1, -0.05) is 8.41 Å². The monoisotopic (exact) mass is 119 g/mol. The standard InChI is InChI=1S/CN.BH4.2K/c1-2;;;/h;1H4;;/q2*-1;2*+1. The molecule has 0 aliphatic carbocycles. The van der Waals surface area contributed by atoms with Crippen LogP contribution in [-0.4, -0.2) is 8.41 Å². The Balaban J connectivity index is -0.00000000167. The van der Waals surface area contributed by atoms with E-state index in [4.69, 9.17) is 11.8 Å². The second kappa shape index (κ2) is 29.0. The summed E-state index contributed by atoms with van der Waals surface area (Å²) >= 11 is 0.